The second-order valence-corrected chi connectivity index (χ2v) is 7.00. The topological polar surface area (TPSA) is 75.7 Å². The molecule has 2 aromatic rings. The fourth-order valence-corrected chi connectivity index (χ4v) is 3.22. The maximum Gasteiger partial charge on any atom is 0.417 e. The molecular formula is C20H16ClF3N2O4. The number of halogens is 4. The number of alkyl halides is 3. The third-order valence-corrected chi connectivity index (χ3v) is 4.76. The van der Waals surface area contributed by atoms with Crippen LogP contribution in [0.3, 0.4) is 0 Å². The molecule has 2 aromatic carbocycles. The Labute approximate surface area is 174 Å². The molecule has 1 aliphatic heterocycles. The molecule has 1 heterocycles. The summed E-state index contributed by atoms with van der Waals surface area (Å²) in [7, 11) is 0. The third-order valence-electron chi connectivity index (χ3n) is 4.43. The van der Waals surface area contributed by atoms with Gasteiger partial charge in [0.25, 0.3) is 5.91 Å². The van der Waals surface area contributed by atoms with Gasteiger partial charge in [0.1, 0.15) is 0 Å². The normalized spacial score (nSPS) is 16.5. The molecule has 1 fully saturated rings. The van der Waals surface area contributed by atoms with Gasteiger partial charge in [0, 0.05) is 24.3 Å². The Bertz CT molecular complexity index is 966. The molecule has 0 bridgehead atoms. The molecular weight excluding hydrogens is 425 g/mol. The van der Waals surface area contributed by atoms with Crippen molar-refractivity contribution in [1.29, 1.82) is 0 Å². The van der Waals surface area contributed by atoms with Crippen molar-refractivity contribution in [3.8, 4) is 0 Å². The van der Waals surface area contributed by atoms with Crippen molar-refractivity contribution in [1.82, 2.24) is 0 Å². The SMILES string of the molecule is O=C(COC(=O)[C@@H]1CC(=O)N(c2ccccc2)C1)Nc1ccc(Cl)c(C(F)(F)F)c1. The highest BCUT2D eigenvalue weighted by molar-refractivity contribution is 6.31. The predicted molar refractivity (Wildman–Crippen MR) is 103 cm³/mol. The molecule has 1 atom stereocenters. The van der Waals surface area contributed by atoms with Gasteiger partial charge >= 0.3 is 12.1 Å². The highest BCUT2D eigenvalue weighted by atomic mass is 35.5. The molecule has 10 heteroatoms. The van der Waals surface area contributed by atoms with Gasteiger partial charge in [0.15, 0.2) is 6.61 Å². The van der Waals surface area contributed by atoms with Gasteiger partial charge in [-0.25, -0.2) is 0 Å². The van der Waals surface area contributed by atoms with Crippen molar-refractivity contribution < 1.29 is 32.3 Å². The molecule has 0 aromatic heterocycles. The summed E-state index contributed by atoms with van der Waals surface area (Å²) in [5.74, 6) is -2.53. The first-order valence-electron chi connectivity index (χ1n) is 8.84. The number of anilines is 2. The maximum absolute atomic E-state index is 12.9. The van der Waals surface area contributed by atoms with Crippen molar-refractivity contribution in [2.24, 2.45) is 5.92 Å². The zero-order chi connectivity index (χ0) is 21.9. The zero-order valence-corrected chi connectivity index (χ0v) is 16.2. The van der Waals surface area contributed by atoms with E-state index in [1.54, 1.807) is 30.3 Å². The lowest BCUT2D eigenvalue weighted by Crippen LogP contribution is -2.28. The van der Waals surface area contributed by atoms with Crippen LogP contribution in [-0.4, -0.2) is 30.9 Å². The number of hydrogen-bond acceptors (Lipinski definition) is 4. The number of esters is 1. The van der Waals surface area contributed by atoms with Gasteiger partial charge in [-0.2, -0.15) is 13.2 Å². The summed E-state index contributed by atoms with van der Waals surface area (Å²) in [5, 5.41) is 1.72. The minimum absolute atomic E-state index is 0.0541. The monoisotopic (exact) mass is 440 g/mol. The van der Waals surface area contributed by atoms with Crippen molar-refractivity contribution in [2.45, 2.75) is 12.6 Å². The van der Waals surface area contributed by atoms with Crippen LogP contribution >= 0.6 is 11.6 Å². The van der Waals surface area contributed by atoms with Crippen molar-refractivity contribution >= 4 is 40.8 Å². The fraction of sp³-hybridized carbons (Fsp3) is 0.250. The number of nitrogens with zero attached hydrogens (tertiary/aromatic N) is 1. The van der Waals surface area contributed by atoms with E-state index in [-0.39, 0.29) is 24.6 Å². The van der Waals surface area contributed by atoms with Gasteiger partial charge in [-0.15, -0.1) is 0 Å². The molecule has 1 saturated heterocycles. The first-order valence-corrected chi connectivity index (χ1v) is 9.21. The van der Waals surface area contributed by atoms with Crippen LogP contribution in [-0.2, 0) is 25.3 Å². The van der Waals surface area contributed by atoms with Crippen LogP contribution in [0.2, 0.25) is 5.02 Å². The summed E-state index contributed by atoms with van der Waals surface area (Å²) in [6, 6.07) is 11.7. The molecule has 6 nitrogen and oxygen atoms in total. The summed E-state index contributed by atoms with van der Waals surface area (Å²) in [6.45, 7) is -0.575. The first kappa shape index (κ1) is 21.6. The zero-order valence-electron chi connectivity index (χ0n) is 15.4. The number of carbonyl (C=O) groups excluding carboxylic acids is 3. The van der Waals surface area contributed by atoms with Crippen LogP contribution in [0.15, 0.2) is 48.5 Å². The van der Waals surface area contributed by atoms with E-state index in [0.717, 1.165) is 6.07 Å². The van der Waals surface area contributed by atoms with Crippen LogP contribution in [0.25, 0.3) is 0 Å². The van der Waals surface area contributed by atoms with E-state index in [4.69, 9.17) is 16.3 Å². The van der Waals surface area contributed by atoms with Gasteiger partial charge < -0.3 is 15.0 Å². The van der Waals surface area contributed by atoms with Gasteiger partial charge in [0.05, 0.1) is 16.5 Å². The highest BCUT2D eigenvalue weighted by Gasteiger charge is 2.36. The second-order valence-electron chi connectivity index (χ2n) is 6.59. The quantitative estimate of drug-likeness (QED) is 0.716. The minimum Gasteiger partial charge on any atom is -0.455 e. The van der Waals surface area contributed by atoms with Crippen molar-refractivity contribution in [2.75, 3.05) is 23.4 Å². The number of para-hydroxylation sites is 1. The van der Waals surface area contributed by atoms with Crippen molar-refractivity contribution in [3.05, 3.63) is 59.1 Å². The Morgan fingerprint density at radius 1 is 1.17 bits per heavy atom. The van der Waals surface area contributed by atoms with E-state index < -0.39 is 41.2 Å². The number of benzene rings is 2. The number of nitrogens with one attached hydrogen (secondary N) is 1. The van der Waals surface area contributed by atoms with E-state index in [1.807, 2.05) is 0 Å². The molecule has 1 N–H and O–H groups in total. The number of amides is 2. The largest absolute Gasteiger partial charge is 0.455 e. The Balaban J connectivity index is 1.54. The van der Waals surface area contributed by atoms with Crippen LogP contribution in [0.1, 0.15) is 12.0 Å². The van der Waals surface area contributed by atoms with Crippen molar-refractivity contribution in [3.63, 3.8) is 0 Å². The highest BCUT2D eigenvalue weighted by Crippen LogP contribution is 2.36. The fourth-order valence-electron chi connectivity index (χ4n) is 2.99. The van der Waals surface area contributed by atoms with Gasteiger partial charge in [0.2, 0.25) is 5.91 Å². The van der Waals surface area contributed by atoms with Crippen LogP contribution < -0.4 is 10.2 Å². The lowest BCUT2D eigenvalue weighted by molar-refractivity contribution is -0.151. The average Bonchev–Trinajstić information content (AvgIpc) is 3.09. The Hall–Kier alpha value is -3.07. The third kappa shape index (κ3) is 5.10. The van der Waals surface area contributed by atoms with Crippen LogP contribution in [0.4, 0.5) is 24.5 Å². The van der Waals surface area contributed by atoms with E-state index >= 15 is 0 Å². The van der Waals surface area contributed by atoms with Crippen LogP contribution in [0, 0.1) is 5.92 Å². The summed E-state index contributed by atoms with van der Waals surface area (Å²) in [6.07, 6.45) is -4.73. The second kappa shape index (κ2) is 8.74. The summed E-state index contributed by atoms with van der Waals surface area (Å²) >= 11 is 5.53. The molecule has 30 heavy (non-hydrogen) atoms. The van der Waals surface area contributed by atoms with Gasteiger partial charge in [-0.1, -0.05) is 29.8 Å². The average molecular weight is 441 g/mol. The van der Waals surface area contributed by atoms with Crippen LogP contribution in [0.5, 0.6) is 0 Å². The molecule has 0 unspecified atom stereocenters. The van der Waals surface area contributed by atoms with E-state index in [1.165, 1.54) is 11.0 Å². The Morgan fingerprint density at radius 2 is 1.87 bits per heavy atom. The molecule has 0 spiro atoms. The van der Waals surface area contributed by atoms with E-state index in [2.05, 4.69) is 5.32 Å². The summed E-state index contributed by atoms with van der Waals surface area (Å²) in [5.41, 5.74) is -0.581. The number of hydrogen-bond donors (Lipinski definition) is 1. The number of rotatable bonds is 5. The molecule has 3 rings (SSSR count). The molecule has 2 amide bonds. The molecule has 0 saturated carbocycles. The molecule has 1 aliphatic rings. The smallest absolute Gasteiger partial charge is 0.417 e. The first-order chi connectivity index (χ1) is 14.1. The molecule has 0 radical (unpaired) electrons. The van der Waals surface area contributed by atoms with Gasteiger partial charge in [-0.05, 0) is 30.3 Å². The lowest BCUT2D eigenvalue weighted by Gasteiger charge is -2.16. The molecule has 0 aliphatic carbocycles. The summed E-state index contributed by atoms with van der Waals surface area (Å²) in [4.78, 5) is 37.8. The molecule has 158 valence electrons. The van der Waals surface area contributed by atoms with E-state index in [9.17, 15) is 27.6 Å². The lowest BCUT2D eigenvalue weighted by atomic mass is 10.1. The van der Waals surface area contributed by atoms with Gasteiger partial charge in [-0.3, -0.25) is 14.4 Å². The summed E-state index contributed by atoms with van der Waals surface area (Å²) < 4.78 is 43.6. The number of carbonyl (C=O) groups is 3. The standard InChI is InChI=1S/C20H16ClF3N2O4/c21-16-7-6-13(9-15(16)20(22,23)24)25-17(27)11-30-19(29)12-8-18(28)26(10-12)14-4-2-1-3-5-14/h1-7,9,12H,8,10-11H2,(H,25,27)/t12-/m1/s1. The minimum atomic E-state index is -4.68. The predicted octanol–water partition coefficient (Wildman–Crippen LogP) is 3.89. The maximum atomic E-state index is 12.9. The Kier molecular flexibility index (Phi) is 6.31. The van der Waals surface area contributed by atoms with E-state index in [0.29, 0.717) is 11.8 Å². The Morgan fingerprint density at radius 3 is 2.53 bits per heavy atom. The number of ether oxygens (including phenoxy) is 1.